The molecule has 2 aromatic rings. The Morgan fingerprint density at radius 3 is 2.14 bits per heavy atom. The normalized spacial score (nSPS) is 10.4. The zero-order valence-corrected chi connectivity index (χ0v) is 14.4. The van der Waals surface area contributed by atoms with Gasteiger partial charge in [-0.3, -0.25) is 0 Å². The smallest absolute Gasteiger partial charge is 0.160 e. The predicted molar refractivity (Wildman–Crippen MR) is 89.3 cm³/mol. The van der Waals surface area contributed by atoms with Crippen molar-refractivity contribution in [3.8, 4) is 23.0 Å². The maximum Gasteiger partial charge on any atom is 0.160 e. The number of phenols is 1. The number of hydrogen-bond acceptors (Lipinski definition) is 4. The zero-order chi connectivity index (χ0) is 16.1. The molecule has 0 spiro atoms. The Morgan fingerprint density at radius 1 is 0.864 bits per heavy atom. The van der Waals surface area contributed by atoms with Crippen LogP contribution in [0.2, 0.25) is 0 Å². The molecule has 2 rings (SSSR count). The molecule has 0 heterocycles. The standard InChI is InChI=1S/C17H19BrO4/c1-20-15-7-5-11(8-14(15)19)4-6-12-9-13(18)17(22-3)10-16(12)21-2/h5,7-10,19H,4,6H2,1-3H3. The number of ether oxygens (including phenoxy) is 3. The average molecular weight is 367 g/mol. The molecule has 0 atom stereocenters. The highest BCUT2D eigenvalue weighted by atomic mass is 79.9. The van der Waals surface area contributed by atoms with Crippen LogP contribution in [-0.2, 0) is 12.8 Å². The summed E-state index contributed by atoms with van der Waals surface area (Å²) in [5.74, 6) is 2.16. The molecule has 0 saturated carbocycles. The first-order valence-electron chi connectivity index (χ1n) is 6.85. The van der Waals surface area contributed by atoms with Gasteiger partial charge in [0.15, 0.2) is 11.5 Å². The summed E-state index contributed by atoms with van der Waals surface area (Å²) < 4.78 is 16.6. The second kappa shape index (κ2) is 7.40. The van der Waals surface area contributed by atoms with E-state index < -0.39 is 0 Å². The molecular weight excluding hydrogens is 348 g/mol. The van der Waals surface area contributed by atoms with E-state index in [1.54, 1.807) is 26.4 Å². The van der Waals surface area contributed by atoms with Crippen molar-refractivity contribution < 1.29 is 19.3 Å². The van der Waals surface area contributed by atoms with Gasteiger partial charge in [-0.1, -0.05) is 6.07 Å². The Labute approximate surface area is 138 Å². The molecule has 0 aromatic heterocycles. The first kappa shape index (κ1) is 16.5. The summed E-state index contributed by atoms with van der Waals surface area (Å²) in [6.45, 7) is 0. The Hall–Kier alpha value is -1.88. The summed E-state index contributed by atoms with van der Waals surface area (Å²) >= 11 is 3.49. The molecule has 0 bridgehead atoms. The van der Waals surface area contributed by atoms with Gasteiger partial charge in [-0.15, -0.1) is 0 Å². The van der Waals surface area contributed by atoms with Gasteiger partial charge in [0, 0.05) is 6.07 Å². The minimum atomic E-state index is 0.155. The van der Waals surface area contributed by atoms with Crippen LogP contribution in [0.5, 0.6) is 23.0 Å². The molecule has 1 N–H and O–H groups in total. The lowest BCUT2D eigenvalue weighted by Crippen LogP contribution is -1.98. The largest absolute Gasteiger partial charge is 0.504 e. The molecule has 0 radical (unpaired) electrons. The molecule has 0 saturated heterocycles. The van der Waals surface area contributed by atoms with Crippen molar-refractivity contribution in [2.24, 2.45) is 0 Å². The van der Waals surface area contributed by atoms with Crippen LogP contribution in [0.15, 0.2) is 34.8 Å². The van der Waals surface area contributed by atoms with E-state index in [-0.39, 0.29) is 5.75 Å². The molecular formula is C17H19BrO4. The second-order valence-corrected chi connectivity index (χ2v) is 5.66. The quantitative estimate of drug-likeness (QED) is 0.840. The third kappa shape index (κ3) is 3.65. The first-order chi connectivity index (χ1) is 10.6. The van der Waals surface area contributed by atoms with Gasteiger partial charge in [0.05, 0.1) is 25.8 Å². The number of aryl methyl sites for hydroxylation is 2. The topological polar surface area (TPSA) is 47.9 Å². The zero-order valence-electron chi connectivity index (χ0n) is 12.9. The lowest BCUT2D eigenvalue weighted by molar-refractivity contribution is 0.373. The first-order valence-corrected chi connectivity index (χ1v) is 7.64. The van der Waals surface area contributed by atoms with Crippen LogP contribution in [0, 0.1) is 0 Å². The number of aromatic hydroxyl groups is 1. The van der Waals surface area contributed by atoms with Gasteiger partial charge >= 0.3 is 0 Å². The van der Waals surface area contributed by atoms with Crippen LogP contribution in [0.1, 0.15) is 11.1 Å². The number of rotatable bonds is 6. The van der Waals surface area contributed by atoms with E-state index in [0.717, 1.165) is 39.9 Å². The Balaban J connectivity index is 2.17. The average Bonchev–Trinajstić information content (AvgIpc) is 2.53. The van der Waals surface area contributed by atoms with Gasteiger partial charge in [0.25, 0.3) is 0 Å². The van der Waals surface area contributed by atoms with Gasteiger partial charge in [-0.05, 0) is 58.1 Å². The summed E-state index contributed by atoms with van der Waals surface area (Å²) in [6, 6.07) is 9.31. The predicted octanol–water partition coefficient (Wildman–Crippen LogP) is 3.97. The van der Waals surface area contributed by atoms with Crippen LogP contribution >= 0.6 is 15.9 Å². The summed E-state index contributed by atoms with van der Waals surface area (Å²) in [5.41, 5.74) is 2.11. The molecule has 5 heteroatoms. The highest BCUT2D eigenvalue weighted by Gasteiger charge is 2.10. The van der Waals surface area contributed by atoms with Gasteiger partial charge in [0.2, 0.25) is 0 Å². The van der Waals surface area contributed by atoms with E-state index in [2.05, 4.69) is 15.9 Å². The number of halogens is 1. The van der Waals surface area contributed by atoms with Crippen molar-refractivity contribution >= 4 is 15.9 Å². The molecule has 0 aliphatic heterocycles. The van der Waals surface area contributed by atoms with Crippen molar-refractivity contribution in [2.45, 2.75) is 12.8 Å². The molecule has 0 aliphatic carbocycles. The fourth-order valence-corrected chi connectivity index (χ4v) is 2.84. The SMILES string of the molecule is COc1ccc(CCc2cc(Br)c(OC)cc2OC)cc1O. The van der Waals surface area contributed by atoms with Crippen molar-refractivity contribution in [3.63, 3.8) is 0 Å². The molecule has 0 fully saturated rings. The Kier molecular flexibility index (Phi) is 5.55. The van der Waals surface area contributed by atoms with E-state index >= 15 is 0 Å². The van der Waals surface area contributed by atoms with E-state index in [0.29, 0.717) is 5.75 Å². The summed E-state index contributed by atoms with van der Waals surface area (Å²) in [5, 5.41) is 9.83. The number of hydrogen-bond donors (Lipinski definition) is 1. The molecule has 4 nitrogen and oxygen atoms in total. The van der Waals surface area contributed by atoms with E-state index in [1.165, 1.54) is 7.11 Å². The Bertz CT molecular complexity index is 655. The van der Waals surface area contributed by atoms with Crippen LogP contribution in [-0.4, -0.2) is 26.4 Å². The van der Waals surface area contributed by atoms with Crippen molar-refractivity contribution in [1.29, 1.82) is 0 Å². The number of benzene rings is 2. The lowest BCUT2D eigenvalue weighted by Gasteiger charge is -2.12. The van der Waals surface area contributed by atoms with E-state index in [9.17, 15) is 5.11 Å². The van der Waals surface area contributed by atoms with Crippen LogP contribution in [0.3, 0.4) is 0 Å². The lowest BCUT2D eigenvalue weighted by atomic mass is 10.0. The minimum Gasteiger partial charge on any atom is -0.504 e. The van der Waals surface area contributed by atoms with E-state index in [1.807, 2.05) is 18.2 Å². The molecule has 0 aliphatic rings. The summed E-state index contributed by atoms with van der Waals surface area (Å²) in [7, 11) is 4.80. The third-order valence-corrected chi connectivity index (χ3v) is 4.10. The number of methoxy groups -OCH3 is 3. The highest BCUT2D eigenvalue weighted by molar-refractivity contribution is 9.10. The van der Waals surface area contributed by atoms with Gasteiger partial charge in [0.1, 0.15) is 11.5 Å². The molecule has 22 heavy (non-hydrogen) atoms. The molecule has 2 aromatic carbocycles. The van der Waals surface area contributed by atoms with Gasteiger partial charge in [-0.25, -0.2) is 0 Å². The van der Waals surface area contributed by atoms with Gasteiger partial charge < -0.3 is 19.3 Å². The second-order valence-electron chi connectivity index (χ2n) is 4.80. The van der Waals surface area contributed by atoms with Crippen LogP contribution < -0.4 is 14.2 Å². The number of phenolic OH excluding ortho intramolecular Hbond substituents is 1. The Morgan fingerprint density at radius 2 is 1.55 bits per heavy atom. The third-order valence-electron chi connectivity index (χ3n) is 3.48. The fourth-order valence-electron chi connectivity index (χ4n) is 2.29. The minimum absolute atomic E-state index is 0.155. The highest BCUT2D eigenvalue weighted by Crippen LogP contribution is 2.34. The van der Waals surface area contributed by atoms with Gasteiger partial charge in [-0.2, -0.15) is 0 Å². The van der Waals surface area contributed by atoms with E-state index in [4.69, 9.17) is 14.2 Å². The monoisotopic (exact) mass is 366 g/mol. The maximum atomic E-state index is 9.83. The van der Waals surface area contributed by atoms with Crippen molar-refractivity contribution in [3.05, 3.63) is 45.9 Å². The van der Waals surface area contributed by atoms with Crippen LogP contribution in [0.25, 0.3) is 0 Å². The van der Waals surface area contributed by atoms with Crippen LogP contribution in [0.4, 0.5) is 0 Å². The van der Waals surface area contributed by atoms with Crippen molar-refractivity contribution in [2.75, 3.05) is 21.3 Å². The molecule has 0 amide bonds. The fraction of sp³-hybridized carbons (Fsp3) is 0.294. The maximum absolute atomic E-state index is 9.83. The summed E-state index contributed by atoms with van der Waals surface area (Å²) in [6.07, 6.45) is 1.57. The molecule has 0 unspecified atom stereocenters. The van der Waals surface area contributed by atoms with Crippen molar-refractivity contribution in [1.82, 2.24) is 0 Å². The summed E-state index contributed by atoms with van der Waals surface area (Å²) in [4.78, 5) is 0. The molecule has 118 valence electrons.